The van der Waals surface area contributed by atoms with Gasteiger partial charge in [-0.15, -0.1) is 0 Å². The lowest BCUT2D eigenvalue weighted by Gasteiger charge is -2.18. The number of fused-ring (bicyclic) bond motifs is 3. The SMILES string of the molecule is O=C(O)C[C@@H](NC(=O)OCC1c2ccccc2-c2ccccc21)c1occc1Br. The molecule has 0 aliphatic heterocycles. The fourth-order valence-corrected chi connectivity index (χ4v) is 4.20. The van der Waals surface area contributed by atoms with Gasteiger partial charge in [0.1, 0.15) is 18.4 Å². The number of aliphatic carboxylic acids is 1. The topological polar surface area (TPSA) is 88.8 Å². The van der Waals surface area contributed by atoms with E-state index in [4.69, 9.17) is 14.3 Å². The van der Waals surface area contributed by atoms with Gasteiger partial charge in [-0.25, -0.2) is 4.79 Å². The van der Waals surface area contributed by atoms with E-state index >= 15 is 0 Å². The number of carboxylic acid groups (broad SMARTS) is 1. The average Bonchev–Trinajstić information content (AvgIpc) is 3.27. The second-order valence-corrected chi connectivity index (χ2v) is 7.61. The number of hydrogen-bond acceptors (Lipinski definition) is 4. The summed E-state index contributed by atoms with van der Waals surface area (Å²) >= 11 is 3.30. The first-order valence-corrected chi connectivity index (χ1v) is 9.90. The number of benzene rings is 2. The zero-order valence-corrected chi connectivity index (χ0v) is 16.9. The van der Waals surface area contributed by atoms with Gasteiger partial charge in [0, 0.05) is 5.92 Å². The Morgan fingerprint density at radius 1 is 1.07 bits per heavy atom. The van der Waals surface area contributed by atoms with Crippen molar-refractivity contribution in [3.63, 3.8) is 0 Å². The molecule has 148 valence electrons. The summed E-state index contributed by atoms with van der Waals surface area (Å²) in [7, 11) is 0. The number of halogens is 1. The van der Waals surface area contributed by atoms with Crippen molar-refractivity contribution >= 4 is 28.0 Å². The Hall–Kier alpha value is -3.06. The second-order valence-electron chi connectivity index (χ2n) is 6.75. The van der Waals surface area contributed by atoms with Crippen molar-refractivity contribution in [2.75, 3.05) is 6.61 Å². The van der Waals surface area contributed by atoms with Crippen LogP contribution in [0.5, 0.6) is 0 Å². The van der Waals surface area contributed by atoms with Crippen LogP contribution < -0.4 is 5.32 Å². The van der Waals surface area contributed by atoms with E-state index in [9.17, 15) is 9.59 Å². The lowest BCUT2D eigenvalue weighted by atomic mass is 9.98. The number of carboxylic acids is 1. The molecule has 2 aromatic carbocycles. The number of carbonyl (C=O) groups excluding carboxylic acids is 1. The molecule has 0 radical (unpaired) electrons. The zero-order chi connectivity index (χ0) is 20.4. The highest BCUT2D eigenvalue weighted by Crippen LogP contribution is 2.44. The molecule has 7 heteroatoms. The number of alkyl carbamates (subject to hydrolysis) is 1. The van der Waals surface area contributed by atoms with E-state index in [-0.39, 0.29) is 18.9 Å². The molecule has 1 aliphatic carbocycles. The maximum Gasteiger partial charge on any atom is 0.407 e. The van der Waals surface area contributed by atoms with Crippen LogP contribution >= 0.6 is 15.9 Å². The molecule has 0 spiro atoms. The van der Waals surface area contributed by atoms with Crippen LogP contribution in [0.1, 0.15) is 35.3 Å². The molecule has 0 unspecified atom stereocenters. The van der Waals surface area contributed by atoms with Gasteiger partial charge in [0.15, 0.2) is 0 Å². The van der Waals surface area contributed by atoms with Crippen LogP contribution in [0.25, 0.3) is 11.1 Å². The summed E-state index contributed by atoms with van der Waals surface area (Å²) in [6.07, 6.45) is 0.408. The van der Waals surface area contributed by atoms with E-state index < -0.39 is 18.1 Å². The van der Waals surface area contributed by atoms with E-state index in [1.54, 1.807) is 6.07 Å². The first-order valence-electron chi connectivity index (χ1n) is 9.10. The Morgan fingerprint density at radius 3 is 2.24 bits per heavy atom. The van der Waals surface area contributed by atoms with Gasteiger partial charge in [-0.05, 0) is 44.3 Å². The van der Waals surface area contributed by atoms with Crippen LogP contribution in [0.3, 0.4) is 0 Å². The lowest BCUT2D eigenvalue weighted by Crippen LogP contribution is -2.31. The van der Waals surface area contributed by atoms with Gasteiger partial charge >= 0.3 is 12.1 Å². The van der Waals surface area contributed by atoms with Crippen LogP contribution in [-0.2, 0) is 9.53 Å². The van der Waals surface area contributed by atoms with Crippen molar-refractivity contribution in [2.24, 2.45) is 0 Å². The Kier molecular flexibility index (Phi) is 5.40. The molecule has 1 heterocycles. The molecule has 1 aromatic heterocycles. The summed E-state index contributed by atoms with van der Waals surface area (Å²) < 4.78 is 11.4. The highest BCUT2D eigenvalue weighted by atomic mass is 79.9. The summed E-state index contributed by atoms with van der Waals surface area (Å²) in [5, 5.41) is 11.8. The fraction of sp³-hybridized carbons (Fsp3) is 0.182. The van der Waals surface area contributed by atoms with Crippen molar-refractivity contribution in [3.05, 3.63) is 82.2 Å². The maximum absolute atomic E-state index is 12.4. The summed E-state index contributed by atoms with van der Waals surface area (Å²) in [5.74, 6) is -0.792. The van der Waals surface area contributed by atoms with Gasteiger partial charge in [-0.1, -0.05) is 48.5 Å². The number of nitrogens with one attached hydrogen (secondary N) is 1. The number of ether oxygens (including phenoxy) is 1. The molecule has 1 atom stereocenters. The number of furan rings is 1. The molecule has 0 saturated carbocycles. The molecule has 4 rings (SSSR count). The second kappa shape index (κ2) is 8.13. The van der Waals surface area contributed by atoms with Crippen molar-refractivity contribution in [1.82, 2.24) is 5.32 Å². The van der Waals surface area contributed by atoms with Crippen LogP contribution in [0.4, 0.5) is 4.79 Å². The largest absolute Gasteiger partial charge is 0.481 e. The van der Waals surface area contributed by atoms with E-state index in [2.05, 4.69) is 33.4 Å². The van der Waals surface area contributed by atoms with Crippen molar-refractivity contribution in [3.8, 4) is 11.1 Å². The highest BCUT2D eigenvalue weighted by molar-refractivity contribution is 9.10. The molecule has 29 heavy (non-hydrogen) atoms. The Morgan fingerprint density at radius 2 is 1.69 bits per heavy atom. The molecule has 3 aromatic rings. The Bertz CT molecular complexity index is 1020. The maximum atomic E-state index is 12.4. The quantitative estimate of drug-likeness (QED) is 0.539. The predicted octanol–water partition coefficient (Wildman–Crippen LogP) is 5.10. The third-order valence-electron chi connectivity index (χ3n) is 4.98. The standard InChI is InChI=1S/C22H18BrNO5/c23-18-9-10-28-21(18)19(11-20(25)26)24-22(27)29-12-17-15-7-3-1-5-13(15)14-6-2-4-8-16(14)17/h1-10,17,19H,11-12H2,(H,24,27)(H,25,26)/t19-/m1/s1. The van der Waals surface area contributed by atoms with Gasteiger partial charge in [0.2, 0.25) is 0 Å². The minimum absolute atomic E-state index is 0.0681. The first kappa shape index (κ1) is 19.3. The number of hydrogen-bond donors (Lipinski definition) is 2. The summed E-state index contributed by atoms with van der Waals surface area (Å²) in [5.41, 5.74) is 4.50. The Labute approximate surface area is 175 Å². The van der Waals surface area contributed by atoms with Crippen LogP contribution in [-0.4, -0.2) is 23.8 Å². The fourth-order valence-electron chi connectivity index (χ4n) is 3.72. The minimum Gasteiger partial charge on any atom is -0.481 e. The lowest BCUT2D eigenvalue weighted by molar-refractivity contribution is -0.137. The molecule has 2 N–H and O–H groups in total. The minimum atomic E-state index is -1.06. The molecular weight excluding hydrogens is 438 g/mol. The van der Waals surface area contributed by atoms with E-state index in [0.717, 1.165) is 22.3 Å². The van der Waals surface area contributed by atoms with Crippen LogP contribution in [0, 0.1) is 0 Å². The molecule has 0 bridgehead atoms. The summed E-state index contributed by atoms with van der Waals surface area (Å²) in [6, 6.07) is 16.9. The summed E-state index contributed by atoms with van der Waals surface area (Å²) in [6.45, 7) is 0.152. The van der Waals surface area contributed by atoms with E-state index in [1.807, 2.05) is 36.4 Å². The molecule has 1 amide bonds. The van der Waals surface area contributed by atoms with Crippen LogP contribution in [0.15, 0.2) is 69.8 Å². The van der Waals surface area contributed by atoms with Gasteiger partial charge in [0.25, 0.3) is 0 Å². The van der Waals surface area contributed by atoms with Gasteiger partial charge in [-0.3, -0.25) is 4.79 Å². The molecule has 1 aliphatic rings. The third-order valence-corrected chi connectivity index (χ3v) is 5.63. The van der Waals surface area contributed by atoms with Crippen LogP contribution in [0.2, 0.25) is 0 Å². The summed E-state index contributed by atoms with van der Waals surface area (Å²) in [4.78, 5) is 23.6. The molecule has 0 saturated heterocycles. The van der Waals surface area contributed by atoms with Crippen molar-refractivity contribution < 1.29 is 23.8 Å². The van der Waals surface area contributed by atoms with Crippen molar-refractivity contribution in [1.29, 1.82) is 0 Å². The average molecular weight is 456 g/mol. The number of rotatable bonds is 6. The monoisotopic (exact) mass is 455 g/mol. The number of carbonyl (C=O) groups is 2. The van der Waals surface area contributed by atoms with E-state index in [0.29, 0.717) is 10.2 Å². The molecule has 0 fully saturated rings. The van der Waals surface area contributed by atoms with Gasteiger partial charge < -0.3 is 19.6 Å². The number of amides is 1. The smallest absolute Gasteiger partial charge is 0.407 e. The van der Waals surface area contributed by atoms with Crippen molar-refractivity contribution in [2.45, 2.75) is 18.4 Å². The molecular formula is C22H18BrNO5. The predicted molar refractivity (Wildman–Crippen MR) is 110 cm³/mol. The van der Waals surface area contributed by atoms with E-state index in [1.165, 1.54) is 6.26 Å². The first-order chi connectivity index (χ1) is 14.0. The van der Waals surface area contributed by atoms with Gasteiger partial charge in [-0.2, -0.15) is 0 Å². The molecule has 6 nitrogen and oxygen atoms in total. The highest BCUT2D eigenvalue weighted by Gasteiger charge is 2.30. The third kappa shape index (κ3) is 3.91. The Balaban J connectivity index is 1.48. The zero-order valence-electron chi connectivity index (χ0n) is 15.3. The normalized spacial score (nSPS) is 13.4. The van der Waals surface area contributed by atoms with Gasteiger partial charge in [0.05, 0.1) is 17.2 Å².